The smallest absolute Gasteiger partial charge is 0.449 e. The van der Waals surface area contributed by atoms with Crippen molar-refractivity contribution in [1.29, 1.82) is 0 Å². The van der Waals surface area contributed by atoms with Crippen molar-refractivity contribution in [2.45, 2.75) is 76.8 Å². The third kappa shape index (κ3) is 7.00. The van der Waals surface area contributed by atoms with E-state index >= 15 is 0 Å². The molecule has 0 aromatic rings. The number of carbonyl (C=O) groups excluding carboxylic acids is 3. The topological polar surface area (TPSA) is 107 Å². The van der Waals surface area contributed by atoms with E-state index < -0.39 is 12.3 Å². The third-order valence-electron chi connectivity index (χ3n) is 8.20. The predicted octanol–water partition coefficient (Wildman–Crippen LogP) is 3.53. The molecule has 4 aliphatic rings. The number of ether oxygens (including phenoxy) is 4. The van der Waals surface area contributed by atoms with Crippen molar-refractivity contribution in [2.24, 2.45) is 11.3 Å². The van der Waals surface area contributed by atoms with Gasteiger partial charge >= 0.3 is 18.4 Å². The van der Waals surface area contributed by atoms with Gasteiger partial charge in [0, 0.05) is 25.2 Å². The second kappa shape index (κ2) is 12.3. The molecule has 1 N–H and O–H groups in total. The van der Waals surface area contributed by atoms with Crippen molar-refractivity contribution in [3.05, 3.63) is 0 Å². The maximum atomic E-state index is 12.5. The van der Waals surface area contributed by atoms with Crippen LogP contribution < -0.4 is 5.32 Å². The summed E-state index contributed by atoms with van der Waals surface area (Å²) in [7, 11) is 0. The van der Waals surface area contributed by atoms with Gasteiger partial charge in [-0.15, -0.1) is 0 Å². The fourth-order valence-electron chi connectivity index (χ4n) is 6.28. The number of nitrogens with one attached hydrogen (secondary N) is 1. The lowest BCUT2D eigenvalue weighted by atomic mass is 9.64. The lowest BCUT2D eigenvalue weighted by molar-refractivity contribution is -0.0117. The van der Waals surface area contributed by atoms with Crippen LogP contribution in [0.15, 0.2) is 0 Å². The molecule has 4 fully saturated rings. The SMILES string of the molecule is CCOC(=O)OC(=O)OCCCCOC(=O)N1CCC2(CC(N3CCC(C4CCCN4)CC3)C2)C1. The summed E-state index contributed by atoms with van der Waals surface area (Å²) in [5, 5.41) is 3.68. The van der Waals surface area contributed by atoms with Crippen LogP contribution in [-0.2, 0) is 18.9 Å². The summed E-state index contributed by atoms with van der Waals surface area (Å²) in [6, 6.07) is 1.43. The monoisotopic (exact) mass is 495 g/mol. The molecule has 1 unspecified atom stereocenters. The average Bonchev–Trinajstić information content (AvgIpc) is 3.51. The highest BCUT2D eigenvalue weighted by Crippen LogP contribution is 2.50. The van der Waals surface area contributed by atoms with E-state index in [1.807, 2.05) is 4.90 Å². The number of hydrogen-bond acceptors (Lipinski definition) is 9. The summed E-state index contributed by atoms with van der Waals surface area (Å²) in [6.07, 6.45) is 7.43. The first-order valence-electron chi connectivity index (χ1n) is 13.4. The van der Waals surface area contributed by atoms with Crippen LogP contribution in [0.3, 0.4) is 0 Å². The van der Waals surface area contributed by atoms with Gasteiger partial charge in [0.15, 0.2) is 0 Å². The van der Waals surface area contributed by atoms with Gasteiger partial charge in [0.05, 0.1) is 19.8 Å². The highest BCUT2D eigenvalue weighted by molar-refractivity contribution is 5.76. The van der Waals surface area contributed by atoms with Crippen LogP contribution in [0.5, 0.6) is 0 Å². The highest BCUT2D eigenvalue weighted by Gasteiger charge is 2.51. The Hall–Kier alpha value is -2.07. The Labute approximate surface area is 207 Å². The molecular formula is C25H41N3O7. The van der Waals surface area contributed by atoms with Gasteiger partial charge in [0.25, 0.3) is 0 Å². The maximum absolute atomic E-state index is 12.5. The molecule has 3 heterocycles. The van der Waals surface area contributed by atoms with E-state index in [1.165, 1.54) is 58.2 Å². The van der Waals surface area contributed by atoms with Gasteiger partial charge in [-0.25, -0.2) is 14.4 Å². The quantitative estimate of drug-likeness (QED) is 0.234. The average molecular weight is 496 g/mol. The minimum Gasteiger partial charge on any atom is -0.449 e. The summed E-state index contributed by atoms with van der Waals surface area (Å²) >= 11 is 0. The molecule has 0 aromatic heterocycles. The van der Waals surface area contributed by atoms with E-state index in [4.69, 9.17) is 9.47 Å². The predicted molar refractivity (Wildman–Crippen MR) is 127 cm³/mol. The molecule has 198 valence electrons. The summed E-state index contributed by atoms with van der Waals surface area (Å²) < 4.78 is 19.0. The molecular weight excluding hydrogens is 454 g/mol. The van der Waals surface area contributed by atoms with Crippen molar-refractivity contribution >= 4 is 18.4 Å². The molecule has 10 heteroatoms. The van der Waals surface area contributed by atoms with Crippen molar-refractivity contribution in [3.8, 4) is 0 Å². The molecule has 3 aliphatic heterocycles. The Morgan fingerprint density at radius 2 is 1.66 bits per heavy atom. The van der Waals surface area contributed by atoms with Gasteiger partial charge in [-0.3, -0.25) is 0 Å². The van der Waals surface area contributed by atoms with E-state index in [2.05, 4.69) is 19.7 Å². The van der Waals surface area contributed by atoms with Gasteiger partial charge in [-0.2, -0.15) is 0 Å². The van der Waals surface area contributed by atoms with E-state index in [0.29, 0.717) is 18.9 Å². The first kappa shape index (κ1) is 26.0. The number of rotatable bonds is 8. The molecule has 10 nitrogen and oxygen atoms in total. The van der Waals surface area contributed by atoms with Crippen LogP contribution in [0, 0.1) is 11.3 Å². The summed E-state index contributed by atoms with van der Waals surface area (Å²) in [6.45, 7) is 7.28. The molecule has 1 spiro atoms. The van der Waals surface area contributed by atoms with Crippen LogP contribution in [0.4, 0.5) is 14.4 Å². The molecule has 1 amide bonds. The molecule has 3 saturated heterocycles. The number of carbonyl (C=O) groups is 3. The largest absolute Gasteiger partial charge is 0.518 e. The minimum absolute atomic E-state index is 0.0818. The number of hydrogen-bond donors (Lipinski definition) is 1. The molecule has 4 rings (SSSR count). The fourth-order valence-corrected chi connectivity index (χ4v) is 6.28. The molecule has 35 heavy (non-hydrogen) atoms. The standard InChI is InChI=1S/C25H41N3O7/c1-2-32-23(30)35-24(31)34-15-4-3-14-33-22(29)28-13-9-25(18-28)16-20(17-25)27-11-7-19(8-12-27)21-6-5-10-26-21/h19-21,26H,2-18H2,1H3. The number of piperidine rings is 1. The normalized spacial score (nSPS) is 29.1. The second-order valence-corrected chi connectivity index (χ2v) is 10.5. The molecule has 1 atom stereocenters. The van der Waals surface area contributed by atoms with Crippen molar-refractivity contribution < 1.29 is 33.3 Å². The number of amides is 1. The Kier molecular flexibility index (Phi) is 9.10. The van der Waals surface area contributed by atoms with Crippen molar-refractivity contribution in [2.75, 3.05) is 52.5 Å². The molecule has 1 aliphatic carbocycles. The Morgan fingerprint density at radius 1 is 0.943 bits per heavy atom. The highest BCUT2D eigenvalue weighted by atomic mass is 16.8. The molecule has 0 aromatic carbocycles. The van der Waals surface area contributed by atoms with Crippen LogP contribution in [-0.4, -0.2) is 92.8 Å². The van der Waals surface area contributed by atoms with Gasteiger partial charge in [0.2, 0.25) is 0 Å². The van der Waals surface area contributed by atoms with Crippen LogP contribution >= 0.6 is 0 Å². The number of nitrogens with zero attached hydrogens (tertiary/aromatic N) is 2. The number of likely N-dealkylation sites (tertiary alicyclic amines) is 2. The van der Waals surface area contributed by atoms with Crippen LogP contribution in [0.2, 0.25) is 0 Å². The van der Waals surface area contributed by atoms with Crippen molar-refractivity contribution in [1.82, 2.24) is 15.1 Å². The fraction of sp³-hybridized carbons (Fsp3) is 0.880. The van der Waals surface area contributed by atoms with Crippen LogP contribution in [0.25, 0.3) is 0 Å². The number of unbranched alkanes of at least 4 members (excludes halogenated alkanes) is 1. The zero-order valence-corrected chi connectivity index (χ0v) is 21.0. The van der Waals surface area contributed by atoms with Crippen molar-refractivity contribution in [3.63, 3.8) is 0 Å². The summed E-state index contributed by atoms with van der Waals surface area (Å²) in [4.78, 5) is 39.3. The molecule has 0 bridgehead atoms. The Morgan fingerprint density at radius 3 is 2.34 bits per heavy atom. The second-order valence-electron chi connectivity index (χ2n) is 10.5. The first-order valence-corrected chi connectivity index (χ1v) is 13.4. The summed E-state index contributed by atoms with van der Waals surface area (Å²) in [5.74, 6) is 0.851. The van der Waals surface area contributed by atoms with E-state index in [1.54, 1.807) is 6.92 Å². The molecule has 0 radical (unpaired) electrons. The van der Waals surface area contributed by atoms with Crippen LogP contribution in [0.1, 0.15) is 64.7 Å². The zero-order valence-electron chi connectivity index (χ0n) is 21.0. The first-order chi connectivity index (χ1) is 17.0. The zero-order chi connectivity index (χ0) is 24.7. The van der Waals surface area contributed by atoms with Gasteiger partial charge in [-0.05, 0) is 95.7 Å². The van der Waals surface area contributed by atoms with Gasteiger partial charge < -0.3 is 34.1 Å². The summed E-state index contributed by atoms with van der Waals surface area (Å²) in [5.41, 5.74) is 0.278. The minimum atomic E-state index is -1.09. The Balaban J connectivity index is 1.04. The lowest BCUT2D eigenvalue weighted by Crippen LogP contribution is -2.55. The molecule has 1 saturated carbocycles. The van der Waals surface area contributed by atoms with Gasteiger partial charge in [0.1, 0.15) is 0 Å². The van der Waals surface area contributed by atoms with Gasteiger partial charge in [-0.1, -0.05) is 0 Å². The third-order valence-corrected chi connectivity index (χ3v) is 8.20. The van der Waals surface area contributed by atoms with E-state index in [0.717, 1.165) is 31.5 Å². The van der Waals surface area contributed by atoms with E-state index in [-0.39, 0.29) is 31.3 Å². The lowest BCUT2D eigenvalue weighted by Gasteiger charge is -2.52. The Bertz CT molecular complexity index is 729. The van der Waals surface area contributed by atoms with E-state index in [9.17, 15) is 14.4 Å². The maximum Gasteiger partial charge on any atom is 0.518 e.